The van der Waals surface area contributed by atoms with Crippen LogP contribution in [-0.4, -0.2) is 17.1 Å². The fourth-order valence-electron chi connectivity index (χ4n) is 2.05. The number of hydrogen-bond donors (Lipinski definition) is 1. The highest BCUT2D eigenvalue weighted by Gasteiger charge is 2.13. The first-order valence-electron chi connectivity index (χ1n) is 7.33. The predicted molar refractivity (Wildman–Crippen MR) is 94.8 cm³/mol. The first-order chi connectivity index (χ1) is 11.7. The highest BCUT2D eigenvalue weighted by molar-refractivity contribution is 7.99. The Morgan fingerprint density at radius 2 is 1.67 bits per heavy atom. The summed E-state index contributed by atoms with van der Waals surface area (Å²) in [6.45, 7) is 2.05. The zero-order valence-electron chi connectivity index (χ0n) is 13.4. The number of ether oxygens (including phenoxy) is 2. The first-order valence-corrected chi connectivity index (χ1v) is 8.15. The smallest absolute Gasteiger partial charge is 0.247 e. The largest absolute Gasteiger partial charge is 0.493 e. The van der Waals surface area contributed by atoms with Gasteiger partial charge in [0, 0.05) is 4.90 Å². The maximum absolute atomic E-state index is 6.19. The maximum Gasteiger partial charge on any atom is 0.247 e. The van der Waals surface area contributed by atoms with Gasteiger partial charge < -0.3 is 15.2 Å². The minimum Gasteiger partial charge on any atom is -0.493 e. The van der Waals surface area contributed by atoms with Crippen LogP contribution in [0.15, 0.2) is 64.8 Å². The maximum atomic E-state index is 6.19. The van der Waals surface area contributed by atoms with Crippen molar-refractivity contribution in [3.05, 3.63) is 60.4 Å². The molecule has 0 saturated carbocycles. The summed E-state index contributed by atoms with van der Waals surface area (Å²) in [4.78, 5) is 9.44. The monoisotopic (exact) mass is 339 g/mol. The van der Waals surface area contributed by atoms with E-state index >= 15 is 0 Å². The number of methoxy groups -OCH3 is 1. The zero-order valence-corrected chi connectivity index (χ0v) is 14.2. The average molecular weight is 339 g/mol. The van der Waals surface area contributed by atoms with Crippen LogP contribution in [0.4, 0.5) is 5.69 Å². The van der Waals surface area contributed by atoms with Gasteiger partial charge in [0.15, 0.2) is 11.5 Å². The van der Waals surface area contributed by atoms with E-state index in [-0.39, 0.29) is 0 Å². The van der Waals surface area contributed by atoms with E-state index in [9.17, 15) is 0 Å². The van der Waals surface area contributed by atoms with Crippen LogP contribution in [0.3, 0.4) is 0 Å². The van der Waals surface area contributed by atoms with E-state index in [2.05, 4.69) is 9.97 Å². The average Bonchev–Trinajstić information content (AvgIpc) is 2.61. The fourth-order valence-corrected chi connectivity index (χ4v) is 2.84. The quantitative estimate of drug-likeness (QED) is 0.698. The van der Waals surface area contributed by atoms with Crippen molar-refractivity contribution in [3.8, 4) is 17.4 Å². The minimum absolute atomic E-state index is 0.309. The zero-order chi connectivity index (χ0) is 16.9. The van der Waals surface area contributed by atoms with Gasteiger partial charge in [0.1, 0.15) is 17.0 Å². The third kappa shape index (κ3) is 3.60. The lowest BCUT2D eigenvalue weighted by Gasteiger charge is -2.12. The van der Waals surface area contributed by atoms with Gasteiger partial charge in [-0.15, -0.1) is 0 Å². The lowest BCUT2D eigenvalue weighted by molar-refractivity contribution is 0.374. The minimum atomic E-state index is 0.309. The van der Waals surface area contributed by atoms with E-state index in [1.165, 1.54) is 23.7 Å². The third-order valence-corrected chi connectivity index (χ3v) is 4.35. The second kappa shape index (κ2) is 7.23. The molecule has 0 amide bonds. The molecule has 0 aliphatic carbocycles. The second-order valence-corrected chi connectivity index (χ2v) is 6.13. The predicted octanol–water partition coefficient (Wildman–Crippen LogP) is 4.32. The molecular formula is C18H17N3O2S. The van der Waals surface area contributed by atoms with Crippen molar-refractivity contribution >= 4 is 17.4 Å². The van der Waals surface area contributed by atoms with Crippen LogP contribution in [-0.2, 0) is 0 Å². The Morgan fingerprint density at radius 1 is 0.958 bits per heavy atom. The lowest BCUT2D eigenvalue weighted by atomic mass is 10.2. The number of para-hydroxylation sites is 2. The molecule has 0 fully saturated rings. The summed E-state index contributed by atoms with van der Waals surface area (Å²) in [5.74, 6) is 1.48. The number of rotatable bonds is 5. The molecule has 0 bridgehead atoms. The molecule has 0 unspecified atom stereocenters. The second-order valence-electron chi connectivity index (χ2n) is 5.07. The molecule has 0 spiro atoms. The van der Waals surface area contributed by atoms with E-state index in [0.717, 1.165) is 4.90 Å². The van der Waals surface area contributed by atoms with E-state index in [4.69, 9.17) is 15.2 Å². The van der Waals surface area contributed by atoms with Gasteiger partial charge in [0.2, 0.25) is 5.88 Å². The SMILES string of the molecule is COc1ccccc1Oc1ncnc(Sc2ccc(C)cc2)c1N. The van der Waals surface area contributed by atoms with E-state index in [1.54, 1.807) is 13.2 Å². The summed E-state index contributed by atoms with van der Waals surface area (Å²) >= 11 is 1.47. The summed E-state index contributed by atoms with van der Waals surface area (Å²) in [5, 5.41) is 0.652. The number of nitrogens with zero attached hydrogens (tertiary/aromatic N) is 2. The molecule has 5 nitrogen and oxygen atoms in total. The Kier molecular flexibility index (Phi) is 4.86. The molecule has 2 N–H and O–H groups in total. The molecule has 0 aliphatic heterocycles. The van der Waals surface area contributed by atoms with E-state index in [1.807, 2.05) is 49.4 Å². The summed E-state index contributed by atoms with van der Waals surface area (Å²) in [7, 11) is 1.59. The number of hydrogen-bond acceptors (Lipinski definition) is 6. The topological polar surface area (TPSA) is 70.3 Å². The Balaban J connectivity index is 1.86. The highest BCUT2D eigenvalue weighted by Crippen LogP contribution is 2.37. The Bertz CT molecular complexity index is 838. The van der Waals surface area contributed by atoms with Crippen molar-refractivity contribution in [2.45, 2.75) is 16.8 Å². The van der Waals surface area contributed by atoms with Crippen molar-refractivity contribution in [2.24, 2.45) is 0 Å². The van der Waals surface area contributed by atoms with Crippen LogP contribution in [0.1, 0.15) is 5.56 Å². The van der Waals surface area contributed by atoms with Gasteiger partial charge in [-0.1, -0.05) is 41.6 Å². The van der Waals surface area contributed by atoms with Gasteiger partial charge in [0.05, 0.1) is 7.11 Å². The standard InChI is InChI=1S/C18H17N3O2S/c1-12-7-9-13(10-8-12)24-18-16(19)17(20-11-21-18)23-15-6-4-3-5-14(15)22-2/h3-11H,19H2,1-2H3. The molecule has 3 rings (SSSR count). The van der Waals surface area contributed by atoms with Crippen molar-refractivity contribution in [1.29, 1.82) is 0 Å². The normalized spacial score (nSPS) is 10.4. The molecule has 122 valence electrons. The molecular weight excluding hydrogens is 322 g/mol. The molecule has 3 aromatic rings. The number of anilines is 1. The molecule has 0 atom stereocenters. The highest BCUT2D eigenvalue weighted by atomic mass is 32.2. The molecule has 0 radical (unpaired) electrons. The first kappa shape index (κ1) is 16.1. The van der Waals surface area contributed by atoms with E-state index in [0.29, 0.717) is 28.1 Å². The molecule has 6 heteroatoms. The summed E-state index contributed by atoms with van der Waals surface area (Å²) < 4.78 is 11.1. The number of nitrogens with two attached hydrogens (primary N) is 1. The van der Waals surface area contributed by atoms with Gasteiger partial charge in [-0.3, -0.25) is 0 Å². The molecule has 1 aromatic heterocycles. The molecule has 0 saturated heterocycles. The van der Waals surface area contributed by atoms with E-state index < -0.39 is 0 Å². The molecule has 0 aliphatic rings. The molecule has 1 heterocycles. The van der Waals surface area contributed by atoms with Gasteiger partial charge in [-0.05, 0) is 31.2 Å². The summed E-state index contributed by atoms with van der Waals surface area (Å²) in [6.07, 6.45) is 1.44. The van der Waals surface area contributed by atoms with Crippen molar-refractivity contribution in [2.75, 3.05) is 12.8 Å². The van der Waals surface area contributed by atoms with Crippen LogP contribution < -0.4 is 15.2 Å². The summed E-state index contributed by atoms with van der Waals surface area (Å²) in [6, 6.07) is 15.5. The van der Waals surface area contributed by atoms with Gasteiger partial charge >= 0.3 is 0 Å². The van der Waals surface area contributed by atoms with Crippen LogP contribution in [0.25, 0.3) is 0 Å². The van der Waals surface area contributed by atoms with Crippen LogP contribution in [0, 0.1) is 6.92 Å². The van der Waals surface area contributed by atoms with Crippen LogP contribution >= 0.6 is 11.8 Å². The Hall–Kier alpha value is -2.73. The number of aromatic nitrogens is 2. The lowest BCUT2D eigenvalue weighted by Crippen LogP contribution is -2.00. The van der Waals surface area contributed by atoms with Gasteiger partial charge in [0.25, 0.3) is 0 Å². The summed E-state index contributed by atoms with van der Waals surface area (Å²) in [5.41, 5.74) is 7.79. The fraction of sp³-hybridized carbons (Fsp3) is 0.111. The van der Waals surface area contributed by atoms with Gasteiger partial charge in [-0.2, -0.15) is 4.98 Å². The third-order valence-electron chi connectivity index (χ3n) is 3.32. The number of nitrogen functional groups attached to an aromatic ring is 1. The molecule has 24 heavy (non-hydrogen) atoms. The van der Waals surface area contributed by atoms with Crippen LogP contribution in [0.5, 0.6) is 17.4 Å². The van der Waals surface area contributed by atoms with Gasteiger partial charge in [-0.25, -0.2) is 4.98 Å². The Morgan fingerprint density at radius 3 is 2.38 bits per heavy atom. The van der Waals surface area contributed by atoms with Crippen molar-refractivity contribution < 1.29 is 9.47 Å². The molecule has 2 aromatic carbocycles. The van der Waals surface area contributed by atoms with Crippen LogP contribution in [0.2, 0.25) is 0 Å². The van der Waals surface area contributed by atoms with Crippen molar-refractivity contribution in [3.63, 3.8) is 0 Å². The number of benzene rings is 2. The van der Waals surface area contributed by atoms with Crippen molar-refractivity contribution in [1.82, 2.24) is 9.97 Å². The number of aryl methyl sites for hydroxylation is 1. The Labute approximate surface area is 144 Å².